The van der Waals surface area contributed by atoms with Crippen LogP contribution in [0.25, 0.3) is 21.9 Å². The Hall–Kier alpha value is -2.92. The number of likely N-dealkylation sites (N-methyl/N-ethyl adjacent to an activating group) is 1. The topological polar surface area (TPSA) is 51.2 Å². The van der Waals surface area contributed by atoms with Gasteiger partial charge in [0.2, 0.25) is 0 Å². The zero-order chi connectivity index (χ0) is 22.4. The standard InChI is InChI=1S/C26H31NO4/c1-14-10-18-17(8-9-21(29-5)26(18)22(11-14)30-6)25-19-12-15(2)27(4)16(3)24(19)23(31-7)13-20(25)28/h8-11,13,15-16,28H,12H2,1-7H3/t15-,16-/m1/s1. The first-order valence-corrected chi connectivity index (χ1v) is 10.6. The second kappa shape index (κ2) is 7.97. The second-order valence-corrected chi connectivity index (χ2v) is 8.46. The van der Waals surface area contributed by atoms with Crippen LogP contribution in [0.2, 0.25) is 0 Å². The van der Waals surface area contributed by atoms with Crippen molar-refractivity contribution in [3.8, 4) is 34.1 Å². The van der Waals surface area contributed by atoms with Crippen LogP contribution in [0.3, 0.4) is 0 Å². The van der Waals surface area contributed by atoms with Gasteiger partial charge in [-0.05, 0) is 74.5 Å². The normalized spacial score (nSPS) is 18.7. The largest absolute Gasteiger partial charge is 0.507 e. The molecule has 0 radical (unpaired) electrons. The summed E-state index contributed by atoms with van der Waals surface area (Å²) in [6.45, 7) is 6.46. The quantitative estimate of drug-likeness (QED) is 0.604. The van der Waals surface area contributed by atoms with E-state index < -0.39 is 0 Å². The third-order valence-corrected chi connectivity index (χ3v) is 6.75. The number of aryl methyl sites for hydroxylation is 1. The maximum absolute atomic E-state index is 11.2. The molecule has 0 bridgehead atoms. The molecule has 0 amide bonds. The predicted molar refractivity (Wildman–Crippen MR) is 125 cm³/mol. The third kappa shape index (κ3) is 3.28. The van der Waals surface area contributed by atoms with E-state index >= 15 is 0 Å². The predicted octanol–water partition coefficient (Wildman–Crippen LogP) is 5.48. The van der Waals surface area contributed by atoms with Gasteiger partial charge in [-0.15, -0.1) is 0 Å². The van der Waals surface area contributed by atoms with Crippen molar-refractivity contribution < 1.29 is 19.3 Å². The lowest BCUT2D eigenvalue weighted by Crippen LogP contribution is -2.38. The molecule has 2 atom stereocenters. The molecule has 3 aromatic carbocycles. The molecule has 5 nitrogen and oxygen atoms in total. The minimum Gasteiger partial charge on any atom is -0.507 e. The number of hydrogen-bond acceptors (Lipinski definition) is 5. The Bertz CT molecular complexity index is 1150. The molecule has 0 aromatic heterocycles. The smallest absolute Gasteiger partial charge is 0.130 e. The van der Waals surface area contributed by atoms with E-state index in [4.69, 9.17) is 14.2 Å². The van der Waals surface area contributed by atoms with Gasteiger partial charge < -0.3 is 19.3 Å². The molecule has 5 heteroatoms. The van der Waals surface area contributed by atoms with Crippen LogP contribution in [0, 0.1) is 6.92 Å². The Morgan fingerprint density at radius 1 is 0.935 bits per heavy atom. The molecule has 4 rings (SSSR count). The van der Waals surface area contributed by atoms with Crippen LogP contribution >= 0.6 is 0 Å². The van der Waals surface area contributed by atoms with Gasteiger partial charge in [-0.25, -0.2) is 0 Å². The van der Waals surface area contributed by atoms with Crippen molar-refractivity contribution in [2.24, 2.45) is 0 Å². The Morgan fingerprint density at radius 2 is 1.61 bits per heavy atom. The number of nitrogens with zero attached hydrogens (tertiary/aromatic N) is 1. The van der Waals surface area contributed by atoms with E-state index in [9.17, 15) is 5.11 Å². The van der Waals surface area contributed by atoms with Gasteiger partial charge in [0.05, 0.1) is 26.7 Å². The Balaban J connectivity index is 2.12. The lowest BCUT2D eigenvalue weighted by Gasteiger charge is -2.39. The molecule has 1 aliphatic heterocycles. The zero-order valence-electron chi connectivity index (χ0n) is 19.4. The van der Waals surface area contributed by atoms with Gasteiger partial charge in [-0.1, -0.05) is 6.07 Å². The molecule has 1 aliphatic rings. The first-order chi connectivity index (χ1) is 14.8. The SMILES string of the molecule is COc1cc(O)c(-c2ccc(OC)c3c(OC)cc(C)cc23)c2c1[C@@H](C)N(C)[C@H](C)C2. The molecule has 1 N–H and O–H groups in total. The average molecular weight is 422 g/mol. The van der Waals surface area contributed by atoms with Crippen molar-refractivity contribution >= 4 is 10.8 Å². The second-order valence-electron chi connectivity index (χ2n) is 8.46. The number of phenolic OH excluding ortho intramolecular Hbond substituents is 1. The Kier molecular flexibility index (Phi) is 5.48. The zero-order valence-corrected chi connectivity index (χ0v) is 19.4. The molecule has 3 aromatic rings. The highest BCUT2D eigenvalue weighted by molar-refractivity contribution is 6.05. The summed E-state index contributed by atoms with van der Waals surface area (Å²) in [5.41, 5.74) is 5.20. The lowest BCUT2D eigenvalue weighted by atomic mass is 9.82. The van der Waals surface area contributed by atoms with Crippen LogP contribution in [-0.2, 0) is 6.42 Å². The summed E-state index contributed by atoms with van der Waals surface area (Å²) in [5, 5.41) is 13.1. The van der Waals surface area contributed by atoms with E-state index in [2.05, 4.69) is 31.9 Å². The third-order valence-electron chi connectivity index (χ3n) is 6.75. The van der Waals surface area contributed by atoms with Gasteiger partial charge in [0.15, 0.2) is 0 Å². The van der Waals surface area contributed by atoms with E-state index in [0.29, 0.717) is 6.04 Å². The molecule has 164 valence electrons. The number of rotatable bonds is 4. The maximum Gasteiger partial charge on any atom is 0.130 e. The van der Waals surface area contributed by atoms with E-state index in [1.165, 1.54) is 0 Å². The molecule has 0 unspecified atom stereocenters. The van der Waals surface area contributed by atoms with Crippen molar-refractivity contribution in [1.82, 2.24) is 4.90 Å². The fraction of sp³-hybridized carbons (Fsp3) is 0.385. The summed E-state index contributed by atoms with van der Waals surface area (Å²) >= 11 is 0. The van der Waals surface area contributed by atoms with Gasteiger partial charge in [-0.3, -0.25) is 4.90 Å². The highest BCUT2D eigenvalue weighted by atomic mass is 16.5. The summed E-state index contributed by atoms with van der Waals surface area (Å²) in [7, 11) is 7.14. The molecular formula is C26H31NO4. The minimum absolute atomic E-state index is 0.175. The summed E-state index contributed by atoms with van der Waals surface area (Å²) in [6.07, 6.45) is 0.826. The van der Waals surface area contributed by atoms with Crippen molar-refractivity contribution in [1.29, 1.82) is 0 Å². The first-order valence-electron chi connectivity index (χ1n) is 10.6. The monoisotopic (exact) mass is 421 g/mol. The van der Waals surface area contributed by atoms with Crippen molar-refractivity contribution in [3.63, 3.8) is 0 Å². The van der Waals surface area contributed by atoms with E-state index in [-0.39, 0.29) is 11.8 Å². The molecule has 31 heavy (non-hydrogen) atoms. The number of ether oxygens (including phenoxy) is 3. The summed E-state index contributed by atoms with van der Waals surface area (Å²) in [4.78, 5) is 2.35. The van der Waals surface area contributed by atoms with Crippen LogP contribution in [0.1, 0.15) is 36.6 Å². The number of fused-ring (bicyclic) bond motifs is 2. The molecule has 0 aliphatic carbocycles. The summed E-state index contributed by atoms with van der Waals surface area (Å²) in [6, 6.07) is 10.4. The average Bonchev–Trinajstić information content (AvgIpc) is 2.76. The van der Waals surface area contributed by atoms with E-state index in [0.717, 1.165) is 62.3 Å². The Labute approximate surface area is 184 Å². The first kappa shape index (κ1) is 21.3. The van der Waals surface area contributed by atoms with Crippen molar-refractivity contribution in [3.05, 3.63) is 47.0 Å². The molecule has 1 heterocycles. The number of methoxy groups -OCH3 is 3. The Morgan fingerprint density at radius 3 is 2.26 bits per heavy atom. The summed E-state index contributed by atoms with van der Waals surface area (Å²) < 4.78 is 17.1. The van der Waals surface area contributed by atoms with Crippen LogP contribution in [0.5, 0.6) is 23.0 Å². The van der Waals surface area contributed by atoms with Gasteiger partial charge in [0, 0.05) is 29.3 Å². The van der Waals surface area contributed by atoms with Crippen LogP contribution in [-0.4, -0.2) is 44.4 Å². The van der Waals surface area contributed by atoms with Crippen molar-refractivity contribution in [2.75, 3.05) is 28.4 Å². The molecular weight excluding hydrogens is 390 g/mol. The van der Waals surface area contributed by atoms with Crippen LogP contribution in [0.15, 0.2) is 30.3 Å². The number of hydrogen-bond donors (Lipinski definition) is 1. The number of aromatic hydroxyl groups is 1. The summed E-state index contributed by atoms with van der Waals surface area (Å²) in [5.74, 6) is 2.47. The van der Waals surface area contributed by atoms with Gasteiger partial charge in [0.25, 0.3) is 0 Å². The molecule has 0 spiro atoms. The molecule has 0 fully saturated rings. The number of phenols is 1. The fourth-order valence-electron chi connectivity index (χ4n) is 4.98. The molecule has 0 saturated heterocycles. The van der Waals surface area contributed by atoms with E-state index in [1.54, 1.807) is 27.4 Å². The minimum atomic E-state index is 0.175. The van der Waals surface area contributed by atoms with Crippen LogP contribution in [0.4, 0.5) is 0 Å². The molecule has 0 saturated carbocycles. The highest BCUT2D eigenvalue weighted by Crippen LogP contribution is 2.50. The van der Waals surface area contributed by atoms with Crippen LogP contribution < -0.4 is 14.2 Å². The van der Waals surface area contributed by atoms with Crippen molar-refractivity contribution in [2.45, 2.75) is 39.3 Å². The fourth-order valence-corrected chi connectivity index (χ4v) is 4.98. The van der Waals surface area contributed by atoms with E-state index in [1.807, 2.05) is 25.1 Å². The maximum atomic E-state index is 11.2. The highest BCUT2D eigenvalue weighted by Gasteiger charge is 2.33. The van der Waals surface area contributed by atoms with Gasteiger partial charge >= 0.3 is 0 Å². The number of benzene rings is 3. The van der Waals surface area contributed by atoms with Gasteiger partial charge in [-0.2, -0.15) is 0 Å². The van der Waals surface area contributed by atoms with Gasteiger partial charge in [0.1, 0.15) is 23.0 Å². The lowest BCUT2D eigenvalue weighted by molar-refractivity contribution is 0.175.